The van der Waals surface area contributed by atoms with Crippen LogP contribution in [-0.4, -0.2) is 44.9 Å². The summed E-state index contributed by atoms with van der Waals surface area (Å²) in [6, 6.07) is 5.38. The van der Waals surface area contributed by atoms with E-state index < -0.39 is 6.10 Å². The average molecular weight is 331 g/mol. The van der Waals surface area contributed by atoms with Gasteiger partial charge in [0, 0.05) is 19.2 Å². The Bertz CT molecular complexity index is 479. The molecule has 1 heterocycles. The molecule has 0 aromatic heterocycles. The van der Waals surface area contributed by atoms with E-state index in [1.54, 1.807) is 12.1 Å². The highest BCUT2D eigenvalue weighted by Crippen LogP contribution is 2.29. The molecule has 1 aliphatic rings. The number of ether oxygens (including phenoxy) is 3. The number of nitrogens with one attached hydrogen (secondary N) is 2. The van der Waals surface area contributed by atoms with Crippen molar-refractivity contribution >= 4 is 24.0 Å². The van der Waals surface area contributed by atoms with E-state index in [1.165, 1.54) is 0 Å². The molecule has 0 radical (unpaired) electrons. The van der Waals surface area contributed by atoms with E-state index in [0.717, 1.165) is 6.54 Å². The zero-order valence-corrected chi connectivity index (χ0v) is 13.7. The molecule has 7 heteroatoms. The van der Waals surface area contributed by atoms with E-state index in [9.17, 15) is 4.79 Å². The summed E-state index contributed by atoms with van der Waals surface area (Å²) in [7, 11) is 0. The van der Waals surface area contributed by atoms with Gasteiger partial charge in [0.25, 0.3) is 5.91 Å². The van der Waals surface area contributed by atoms with Gasteiger partial charge < -0.3 is 24.8 Å². The monoisotopic (exact) mass is 330 g/mol. The van der Waals surface area contributed by atoms with Crippen molar-refractivity contribution < 1.29 is 19.0 Å². The molecule has 0 aliphatic carbocycles. The van der Waals surface area contributed by atoms with E-state index in [1.807, 2.05) is 19.9 Å². The Hall–Kier alpha value is -1.50. The quantitative estimate of drug-likeness (QED) is 0.833. The Morgan fingerprint density at radius 1 is 1.36 bits per heavy atom. The molecular weight excluding hydrogens is 308 g/mol. The van der Waals surface area contributed by atoms with E-state index in [0.29, 0.717) is 43.6 Å². The number of rotatable bonds is 6. The van der Waals surface area contributed by atoms with Gasteiger partial charge in [0.1, 0.15) is 17.6 Å². The number of benzene rings is 1. The number of hydrogen-bond acceptors (Lipinski definition) is 5. The number of morpholine rings is 1. The van der Waals surface area contributed by atoms with E-state index in [4.69, 9.17) is 14.2 Å². The Morgan fingerprint density at radius 2 is 2.14 bits per heavy atom. The molecule has 22 heavy (non-hydrogen) atoms. The zero-order valence-electron chi connectivity index (χ0n) is 12.9. The normalized spacial score (nSPS) is 17.3. The first-order chi connectivity index (χ1) is 10.2. The van der Waals surface area contributed by atoms with Crippen LogP contribution in [0.3, 0.4) is 0 Å². The molecule has 1 saturated heterocycles. The average Bonchev–Trinajstić information content (AvgIpc) is 2.51. The molecule has 1 aromatic carbocycles. The van der Waals surface area contributed by atoms with Gasteiger partial charge in [-0.05, 0) is 26.0 Å². The highest BCUT2D eigenvalue weighted by Gasteiger charge is 2.22. The summed E-state index contributed by atoms with van der Waals surface area (Å²) in [5.74, 6) is 1.13. The minimum Gasteiger partial charge on any atom is -0.494 e. The van der Waals surface area contributed by atoms with Crippen LogP contribution in [0, 0.1) is 0 Å². The first-order valence-electron chi connectivity index (χ1n) is 7.27. The molecule has 1 atom stereocenters. The first kappa shape index (κ1) is 18.5. The topological polar surface area (TPSA) is 68.8 Å². The number of anilines is 1. The molecular formula is C15H23ClN2O4. The lowest BCUT2D eigenvalue weighted by molar-refractivity contribution is -0.128. The fourth-order valence-electron chi connectivity index (χ4n) is 2.09. The maximum absolute atomic E-state index is 12.2. The number of carbonyl (C=O) groups excluding carboxylic acids is 1. The Balaban J connectivity index is 0.00000242. The van der Waals surface area contributed by atoms with Crippen molar-refractivity contribution in [3.05, 3.63) is 18.2 Å². The summed E-state index contributed by atoms with van der Waals surface area (Å²) >= 11 is 0. The second-order valence-corrected chi connectivity index (χ2v) is 4.58. The van der Waals surface area contributed by atoms with Gasteiger partial charge in [-0.15, -0.1) is 12.4 Å². The molecule has 0 spiro atoms. The van der Waals surface area contributed by atoms with E-state index in [-0.39, 0.29) is 18.3 Å². The summed E-state index contributed by atoms with van der Waals surface area (Å²) in [5.41, 5.74) is 0.599. The maximum Gasteiger partial charge on any atom is 0.254 e. The maximum atomic E-state index is 12.2. The molecule has 2 rings (SSSR count). The third-order valence-electron chi connectivity index (χ3n) is 3.04. The molecule has 2 N–H and O–H groups in total. The minimum absolute atomic E-state index is 0. The highest BCUT2D eigenvalue weighted by atomic mass is 35.5. The molecule has 1 unspecified atom stereocenters. The summed E-state index contributed by atoms with van der Waals surface area (Å²) in [6.07, 6.45) is -0.482. The molecule has 1 amide bonds. The van der Waals surface area contributed by atoms with Crippen molar-refractivity contribution in [3.63, 3.8) is 0 Å². The molecule has 1 aromatic rings. The second kappa shape index (κ2) is 9.50. The zero-order chi connectivity index (χ0) is 15.1. The van der Waals surface area contributed by atoms with Crippen LogP contribution in [0.25, 0.3) is 0 Å². The van der Waals surface area contributed by atoms with Crippen LogP contribution < -0.4 is 20.1 Å². The Kier molecular flexibility index (Phi) is 8.01. The minimum atomic E-state index is -0.482. The van der Waals surface area contributed by atoms with Crippen LogP contribution in [0.15, 0.2) is 18.2 Å². The van der Waals surface area contributed by atoms with Crippen LogP contribution in [0.1, 0.15) is 13.8 Å². The van der Waals surface area contributed by atoms with Crippen LogP contribution in [0.4, 0.5) is 5.69 Å². The van der Waals surface area contributed by atoms with Gasteiger partial charge in [0.05, 0.1) is 25.5 Å². The van der Waals surface area contributed by atoms with Gasteiger partial charge in [-0.2, -0.15) is 0 Å². The third-order valence-corrected chi connectivity index (χ3v) is 3.04. The van der Waals surface area contributed by atoms with Gasteiger partial charge in [-0.25, -0.2) is 0 Å². The summed E-state index contributed by atoms with van der Waals surface area (Å²) in [5, 5.41) is 5.99. The van der Waals surface area contributed by atoms with Gasteiger partial charge in [0.15, 0.2) is 0 Å². The van der Waals surface area contributed by atoms with Crippen LogP contribution >= 0.6 is 12.4 Å². The molecule has 6 nitrogen and oxygen atoms in total. The third kappa shape index (κ3) is 5.05. The van der Waals surface area contributed by atoms with Crippen molar-refractivity contribution in [2.24, 2.45) is 0 Å². The fourth-order valence-corrected chi connectivity index (χ4v) is 2.09. The summed E-state index contributed by atoms with van der Waals surface area (Å²) in [6.45, 7) is 6.73. The summed E-state index contributed by atoms with van der Waals surface area (Å²) in [4.78, 5) is 12.2. The van der Waals surface area contributed by atoms with Crippen molar-refractivity contribution in [1.82, 2.24) is 5.32 Å². The Morgan fingerprint density at radius 3 is 2.77 bits per heavy atom. The van der Waals surface area contributed by atoms with Gasteiger partial charge >= 0.3 is 0 Å². The Labute approximate surface area is 136 Å². The van der Waals surface area contributed by atoms with E-state index >= 15 is 0 Å². The SMILES string of the molecule is CCOc1ccc(OCC)c(NC(=O)C2CNCCO2)c1.Cl. The van der Waals surface area contributed by atoms with Crippen molar-refractivity contribution in [3.8, 4) is 11.5 Å². The van der Waals surface area contributed by atoms with Crippen molar-refractivity contribution in [2.45, 2.75) is 20.0 Å². The fraction of sp³-hybridized carbons (Fsp3) is 0.533. The molecule has 1 aliphatic heterocycles. The molecule has 0 saturated carbocycles. The molecule has 124 valence electrons. The van der Waals surface area contributed by atoms with Crippen LogP contribution in [0.2, 0.25) is 0 Å². The number of carbonyl (C=O) groups is 1. The standard InChI is InChI=1S/C15H22N2O4.ClH/c1-3-19-11-5-6-13(20-4-2)12(9-11)17-15(18)14-10-16-7-8-21-14;/h5-6,9,14,16H,3-4,7-8,10H2,1-2H3,(H,17,18);1H. The second-order valence-electron chi connectivity index (χ2n) is 4.58. The lowest BCUT2D eigenvalue weighted by Gasteiger charge is -2.23. The largest absolute Gasteiger partial charge is 0.494 e. The van der Waals surface area contributed by atoms with Gasteiger partial charge in [0.2, 0.25) is 0 Å². The predicted octanol–water partition coefficient (Wildman–Crippen LogP) is 1.83. The summed E-state index contributed by atoms with van der Waals surface area (Å²) < 4.78 is 16.4. The van der Waals surface area contributed by atoms with Gasteiger partial charge in [-0.1, -0.05) is 0 Å². The first-order valence-corrected chi connectivity index (χ1v) is 7.27. The number of hydrogen-bond donors (Lipinski definition) is 2. The van der Waals surface area contributed by atoms with Crippen LogP contribution in [0.5, 0.6) is 11.5 Å². The lowest BCUT2D eigenvalue weighted by atomic mass is 10.2. The van der Waals surface area contributed by atoms with Crippen LogP contribution in [-0.2, 0) is 9.53 Å². The molecule has 1 fully saturated rings. The van der Waals surface area contributed by atoms with Crippen molar-refractivity contribution in [1.29, 1.82) is 0 Å². The smallest absolute Gasteiger partial charge is 0.254 e. The predicted molar refractivity (Wildman–Crippen MR) is 87.3 cm³/mol. The van der Waals surface area contributed by atoms with Crippen molar-refractivity contribution in [2.75, 3.05) is 38.2 Å². The van der Waals surface area contributed by atoms with Gasteiger partial charge in [-0.3, -0.25) is 4.79 Å². The molecule has 0 bridgehead atoms. The highest BCUT2D eigenvalue weighted by molar-refractivity contribution is 5.96. The number of halogens is 1. The lowest BCUT2D eigenvalue weighted by Crippen LogP contribution is -2.45. The van der Waals surface area contributed by atoms with E-state index in [2.05, 4.69) is 10.6 Å². The number of amides is 1.